The summed E-state index contributed by atoms with van der Waals surface area (Å²) in [4.78, 5) is 29.5. The number of hydrogen-bond donors (Lipinski definition) is 0. The molecule has 4 nitrogen and oxygen atoms in total. The molecule has 0 aromatic heterocycles. The number of amides is 2. The normalized spacial score (nSPS) is 21.1. The summed E-state index contributed by atoms with van der Waals surface area (Å²) in [6.45, 7) is 8.97. The molecule has 1 saturated heterocycles. The molecule has 0 bridgehead atoms. The maximum absolute atomic E-state index is 12.8. The van der Waals surface area contributed by atoms with Gasteiger partial charge in [-0.2, -0.15) is 0 Å². The van der Waals surface area contributed by atoms with E-state index in [9.17, 15) is 9.59 Å². The van der Waals surface area contributed by atoms with Crippen LogP contribution in [0.1, 0.15) is 58.4 Å². The fraction of sp³-hybridized carbons (Fsp3) is 0.545. The molecule has 1 aromatic rings. The lowest BCUT2D eigenvalue weighted by Crippen LogP contribution is -2.39. The van der Waals surface area contributed by atoms with E-state index >= 15 is 0 Å². The topological polar surface area (TPSA) is 40.6 Å². The van der Waals surface area contributed by atoms with Crippen LogP contribution in [0.5, 0.6) is 0 Å². The van der Waals surface area contributed by atoms with Crippen LogP contribution in [-0.4, -0.2) is 35.7 Å². The Labute approximate surface area is 167 Å². The summed E-state index contributed by atoms with van der Waals surface area (Å²) in [7, 11) is 0. The Bertz CT molecular complexity index is 716. The minimum Gasteiger partial charge on any atom is -0.372 e. The lowest BCUT2D eigenvalue weighted by atomic mass is 9.75. The summed E-state index contributed by atoms with van der Waals surface area (Å²) in [5.74, 6) is -0.135. The Morgan fingerprint density at radius 1 is 1.07 bits per heavy atom. The van der Waals surface area contributed by atoms with E-state index in [0.29, 0.717) is 11.4 Å². The van der Waals surface area contributed by atoms with Gasteiger partial charge in [0.2, 0.25) is 0 Å². The van der Waals surface area contributed by atoms with Gasteiger partial charge in [-0.25, -0.2) is 0 Å². The Morgan fingerprint density at radius 3 is 2.30 bits per heavy atom. The molecule has 1 aliphatic heterocycles. The number of hydrogen-bond acceptors (Lipinski definition) is 4. The molecule has 0 N–H and O–H groups in total. The zero-order valence-corrected chi connectivity index (χ0v) is 17.5. The molecule has 146 valence electrons. The average Bonchev–Trinajstić information content (AvgIpc) is 2.92. The number of nitrogens with zero attached hydrogens (tertiary/aromatic N) is 2. The van der Waals surface area contributed by atoms with Gasteiger partial charge in [0, 0.05) is 25.3 Å². The monoisotopic (exact) mass is 386 g/mol. The van der Waals surface area contributed by atoms with Crippen LogP contribution >= 0.6 is 11.8 Å². The maximum atomic E-state index is 12.8. The van der Waals surface area contributed by atoms with E-state index in [4.69, 9.17) is 0 Å². The number of carbonyl (C=O) groups excluding carboxylic acids is 2. The summed E-state index contributed by atoms with van der Waals surface area (Å²) in [5, 5.41) is -0.127. The number of rotatable bonds is 6. The van der Waals surface area contributed by atoms with Gasteiger partial charge in [0.15, 0.2) is 0 Å². The minimum atomic E-state index is -0.135. The molecule has 2 amide bonds. The molecule has 0 spiro atoms. The summed E-state index contributed by atoms with van der Waals surface area (Å²) >= 11 is 1.07. The molecule has 1 aromatic carbocycles. The minimum absolute atomic E-state index is 0.0744. The van der Waals surface area contributed by atoms with Gasteiger partial charge in [0.05, 0.1) is 4.91 Å². The third-order valence-electron chi connectivity index (χ3n) is 5.79. The first-order valence-corrected chi connectivity index (χ1v) is 10.9. The Morgan fingerprint density at radius 2 is 1.70 bits per heavy atom. The van der Waals surface area contributed by atoms with Crippen molar-refractivity contribution in [1.29, 1.82) is 0 Å². The van der Waals surface area contributed by atoms with Crippen molar-refractivity contribution < 1.29 is 9.59 Å². The third kappa shape index (κ3) is 4.57. The smallest absolute Gasteiger partial charge is 0.293 e. The highest BCUT2D eigenvalue weighted by Crippen LogP contribution is 2.40. The van der Waals surface area contributed by atoms with E-state index in [0.717, 1.165) is 43.3 Å². The van der Waals surface area contributed by atoms with Crippen molar-refractivity contribution in [3.63, 3.8) is 0 Å². The van der Waals surface area contributed by atoms with Crippen LogP contribution in [0.3, 0.4) is 0 Å². The van der Waals surface area contributed by atoms with Crippen molar-refractivity contribution >= 4 is 34.7 Å². The molecule has 2 fully saturated rings. The molecular weight excluding hydrogens is 356 g/mol. The Balaban J connectivity index is 1.72. The van der Waals surface area contributed by atoms with E-state index in [1.807, 2.05) is 18.2 Å². The fourth-order valence-corrected chi connectivity index (χ4v) is 4.94. The molecule has 1 saturated carbocycles. The van der Waals surface area contributed by atoms with Crippen LogP contribution in [0.2, 0.25) is 0 Å². The quantitative estimate of drug-likeness (QED) is 0.602. The van der Waals surface area contributed by atoms with Crippen LogP contribution in [0.4, 0.5) is 10.5 Å². The maximum Gasteiger partial charge on any atom is 0.293 e. The zero-order valence-electron chi connectivity index (χ0n) is 16.7. The van der Waals surface area contributed by atoms with E-state index < -0.39 is 0 Å². The van der Waals surface area contributed by atoms with Gasteiger partial charge in [0.25, 0.3) is 11.1 Å². The fourth-order valence-electron chi connectivity index (χ4n) is 4.10. The van der Waals surface area contributed by atoms with Crippen LogP contribution in [0.15, 0.2) is 29.2 Å². The molecule has 27 heavy (non-hydrogen) atoms. The SMILES string of the molecule is CCN(CC)c1ccc(/C=C2\SC(=O)N(CC3(C)CCCCC3)C2=O)cc1. The standard InChI is InChI=1S/C22H30N2O2S/c1-4-23(5-2)18-11-9-17(10-12-18)15-19-20(25)24(21(26)27-19)16-22(3)13-7-6-8-14-22/h9-12,15H,4-8,13-14,16H2,1-3H3/b19-15-. The van der Waals surface area contributed by atoms with Crippen LogP contribution in [0.25, 0.3) is 6.08 Å². The summed E-state index contributed by atoms with van der Waals surface area (Å²) in [6.07, 6.45) is 7.70. The number of imide groups is 1. The first-order valence-electron chi connectivity index (χ1n) is 10.1. The first kappa shape index (κ1) is 20.0. The average molecular weight is 387 g/mol. The molecule has 1 heterocycles. The molecule has 1 aliphatic carbocycles. The number of thioether (sulfide) groups is 1. The second-order valence-corrected chi connectivity index (χ2v) is 8.90. The lowest BCUT2D eigenvalue weighted by molar-refractivity contribution is -0.124. The van der Waals surface area contributed by atoms with E-state index in [2.05, 4.69) is 37.8 Å². The van der Waals surface area contributed by atoms with Crippen molar-refractivity contribution in [1.82, 2.24) is 4.90 Å². The molecule has 2 aliphatic rings. The van der Waals surface area contributed by atoms with Crippen LogP contribution in [-0.2, 0) is 4.79 Å². The molecule has 0 unspecified atom stereocenters. The number of carbonyl (C=O) groups is 2. The van der Waals surface area contributed by atoms with Crippen molar-refractivity contribution in [2.24, 2.45) is 5.41 Å². The summed E-state index contributed by atoms with van der Waals surface area (Å²) < 4.78 is 0. The second-order valence-electron chi connectivity index (χ2n) is 7.90. The van der Waals surface area contributed by atoms with Gasteiger partial charge in [-0.3, -0.25) is 14.5 Å². The van der Waals surface area contributed by atoms with Gasteiger partial charge in [-0.05, 0) is 67.6 Å². The summed E-state index contributed by atoms with van der Waals surface area (Å²) in [5.41, 5.74) is 2.21. The first-order chi connectivity index (χ1) is 13.0. The van der Waals surface area contributed by atoms with E-state index in [-0.39, 0.29) is 16.6 Å². The second kappa shape index (κ2) is 8.51. The van der Waals surface area contributed by atoms with Crippen LogP contribution in [0, 0.1) is 5.41 Å². The third-order valence-corrected chi connectivity index (χ3v) is 6.70. The highest BCUT2D eigenvalue weighted by Gasteiger charge is 2.40. The van der Waals surface area contributed by atoms with Gasteiger partial charge in [0.1, 0.15) is 0 Å². The van der Waals surface area contributed by atoms with Gasteiger partial charge in [-0.1, -0.05) is 38.3 Å². The largest absolute Gasteiger partial charge is 0.372 e. The Kier molecular flexibility index (Phi) is 6.30. The number of benzene rings is 1. The molecule has 0 radical (unpaired) electrons. The zero-order chi connectivity index (χ0) is 19.4. The van der Waals surface area contributed by atoms with Crippen molar-refractivity contribution in [2.75, 3.05) is 24.5 Å². The van der Waals surface area contributed by atoms with Crippen LogP contribution < -0.4 is 4.90 Å². The Hall–Kier alpha value is -1.75. The molecule has 5 heteroatoms. The van der Waals surface area contributed by atoms with Gasteiger partial charge in [-0.15, -0.1) is 0 Å². The predicted octanol–water partition coefficient (Wildman–Crippen LogP) is 5.54. The van der Waals surface area contributed by atoms with E-state index in [1.54, 1.807) is 0 Å². The van der Waals surface area contributed by atoms with E-state index in [1.165, 1.54) is 29.8 Å². The number of anilines is 1. The van der Waals surface area contributed by atoms with Crippen molar-refractivity contribution in [3.8, 4) is 0 Å². The highest BCUT2D eigenvalue weighted by atomic mass is 32.2. The molecule has 0 atom stereocenters. The highest BCUT2D eigenvalue weighted by molar-refractivity contribution is 8.18. The van der Waals surface area contributed by atoms with Crippen molar-refractivity contribution in [2.45, 2.75) is 52.9 Å². The summed E-state index contributed by atoms with van der Waals surface area (Å²) in [6, 6.07) is 8.19. The van der Waals surface area contributed by atoms with Gasteiger partial charge < -0.3 is 4.90 Å². The van der Waals surface area contributed by atoms with Crippen molar-refractivity contribution in [3.05, 3.63) is 34.7 Å². The molecule has 3 rings (SSSR count). The predicted molar refractivity (Wildman–Crippen MR) is 114 cm³/mol. The van der Waals surface area contributed by atoms with Gasteiger partial charge >= 0.3 is 0 Å². The lowest BCUT2D eigenvalue weighted by Gasteiger charge is -2.35. The molecular formula is C22H30N2O2S.